The van der Waals surface area contributed by atoms with E-state index in [-0.39, 0.29) is 12.4 Å². The van der Waals surface area contributed by atoms with Crippen molar-refractivity contribution < 1.29 is 0 Å². The van der Waals surface area contributed by atoms with Crippen LogP contribution in [-0.4, -0.2) is 24.1 Å². The van der Waals surface area contributed by atoms with E-state index < -0.39 is 0 Å². The number of nitrogens with one attached hydrogen (secondary N) is 1. The van der Waals surface area contributed by atoms with Crippen LogP contribution in [0.1, 0.15) is 10.4 Å². The van der Waals surface area contributed by atoms with Gasteiger partial charge in [-0.2, -0.15) is 0 Å². The van der Waals surface area contributed by atoms with Gasteiger partial charge in [-0.05, 0) is 43.7 Å². The SMILES string of the molecule is Cc1sc2ncnc(Nc3ccc(N(C)C)cc3)c2c1C.Cl. The molecule has 6 heteroatoms. The summed E-state index contributed by atoms with van der Waals surface area (Å²) >= 11 is 1.71. The summed E-state index contributed by atoms with van der Waals surface area (Å²) in [5.41, 5.74) is 3.46. The summed E-state index contributed by atoms with van der Waals surface area (Å²) in [4.78, 5) is 13.2. The van der Waals surface area contributed by atoms with Gasteiger partial charge >= 0.3 is 0 Å². The smallest absolute Gasteiger partial charge is 0.142 e. The lowest BCUT2D eigenvalue weighted by Crippen LogP contribution is -2.08. The predicted molar refractivity (Wildman–Crippen MR) is 98.2 cm³/mol. The zero-order chi connectivity index (χ0) is 15.0. The second-order valence-corrected chi connectivity index (χ2v) is 6.46. The van der Waals surface area contributed by atoms with E-state index in [9.17, 15) is 0 Å². The normalized spacial score (nSPS) is 10.4. The number of rotatable bonds is 3. The van der Waals surface area contributed by atoms with E-state index >= 15 is 0 Å². The fourth-order valence-corrected chi connectivity index (χ4v) is 3.25. The highest BCUT2D eigenvalue weighted by Gasteiger charge is 2.11. The van der Waals surface area contributed by atoms with Crippen molar-refractivity contribution in [1.82, 2.24) is 9.97 Å². The van der Waals surface area contributed by atoms with Gasteiger partial charge < -0.3 is 10.2 Å². The molecule has 0 fully saturated rings. The van der Waals surface area contributed by atoms with Crippen LogP contribution in [0.3, 0.4) is 0 Å². The molecule has 3 aromatic rings. The number of thiophene rings is 1. The second kappa shape index (κ2) is 6.50. The first kappa shape index (κ1) is 16.5. The number of halogens is 1. The Bertz CT molecular complexity index is 781. The summed E-state index contributed by atoms with van der Waals surface area (Å²) in [5, 5.41) is 4.53. The molecule has 0 unspecified atom stereocenters. The molecule has 1 aromatic carbocycles. The predicted octanol–water partition coefficient (Wildman–Crippen LogP) is 4.54. The quantitative estimate of drug-likeness (QED) is 0.763. The summed E-state index contributed by atoms with van der Waals surface area (Å²) in [6.45, 7) is 4.25. The van der Waals surface area contributed by atoms with Gasteiger partial charge in [0, 0.05) is 30.3 Å². The highest BCUT2D eigenvalue weighted by molar-refractivity contribution is 7.18. The Labute approximate surface area is 140 Å². The van der Waals surface area contributed by atoms with Gasteiger partial charge in [-0.25, -0.2) is 9.97 Å². The number of aromatic nitrogens is 2. The molecule has 0 aliphatic heterocycles. The fourth-order valence-electron chi connectivity index (χ4n) is 2.26. The van der Waals surface area contributed by atoms with Crippen LogP contribution in [0, 0.1) is 13.8 Å². The van der Waals surface area contributed by atoms with Gasteiger partial charge in [-0.3, -0.25) is 0 Å². The first-order valence-corrected chi connectivity index (χ1v) is 7.63. The molecule has 2 aromatic heterocycles. The highest BCUT2D eigenvalue weighted by atomic mass is 35.5. The van der Waals surface area contributed by atoms with Crippen molar-refractivity contribution in [2.45, 2.75) is 13.8 Å². The summed E-state index contributed by atoms with van der Waals surface area (Å²) in [7, 11) is 4.07. The molecule has 0 saturated heterocycles. The molecular weight excluding hydrogens is 316 g/mol. The van der Waals surface area contributed by atoms with Crippen LogP contribution in [0.15, 0.2) is 30.6 Å². The molecule has 2 heterocycles. The Morgan fingerprint density at radius 1 is 1.05 bits per heavy atom. The van der Waals surface area contributed by atoms with Gasteiger partial charge in [0.1, 0.15) is 17.0 Å². The standard InChI is InChI=1S/C16H18N4S.ClH/c1-10-11(2)21-16-14(10)15(17-9-18-16)19-12-5-7-13(8-6-12)20(3)4;/h5-9H,1-4H3,(H,17,18,19);1H. The van der Waals surface area contributed by atoms with Crippen LogP contribution in [0.4, 0.5) is 17.2 Å². The number of benzene rings is 1. The van der Waals surface area contributed by atoms with Crippen molar-refractivity contribution in [3.8, 4) is 0 Å². The van der Waals surface area contributed by atoms with Crippen molar-refractivity contribution in [2.75, 3.05) is 24.3 Å². The van der Waals surface area contributed by atoms with E-state index in [0.717, 1.165) is 21.7 Å². The molecule has 0 spiro atoms. The Balaban J connectivity index is 0.00000176. The first-order chi connectivity index (χ1) is 10.1. The summed E-state index contributed by atoms with van der Waals surface area (Å²) in [6, 6.07) is 8.31. The average molecular weight is 335 g/mol. The van der Waals surface area contributed by atoms with Crippen LogP contribution in [0.25, 0.3) is 10.2 Å². The zero-order valence-electron chi connectivity index (χ0n) is 13.0. The van der Waals surface area contributed by atoms with Crippen molar-refractivity contribution in [3.05, 3.63) is 41.0 Å². The van der Waals surface area contributed by atoms with Gasteiger partial charge in [0.15, 0.2) is 0 Å². The third kappa shape index (κ3) is 3.00. The van der Waals surface area contributed by atoms with E-state index in [0.29, 0.717) is 0 Å². The average Bonchev–Trinajstić information content (AvgIpc) is 2.76. The van der Waals surface area contributed by atoms with Gasteiger partial charge in [-0.15, -0.1) is 23.7 Å². The van der Waals surface area contributed by atoms with E-state index in [2.05, 4.69) is 58.3 Å². The fraction of sp³-hybridized carbons (Fsp3) is 0.250. The van der Waals surface area contributed by atoms with Gasteiger partial charge in [0.2, 0.25) is 0 Å². The van der Waals surface area contributed by atoms with Crippen LogP contribution >= 0.6 is 23.7 Å². The van der Waals surface area contributed by atoms with E-state index in [4.69, 9.17) is 0 Å². The Kier molecular flexibility index (Phi) is 4.88. The molecular formula is C16H19ClN4S. The van der Waals surface area contributed by atoms with E-state index in [1.54, 1.807) is 17.7 Å². The van der Waals surface area contributed by atoms with Gasteiger partial charge in [-0.1, -0.05) is 0 Å². The molecule has 0 saturated carbocycles. The molecule has 0 atom stereocenters. The Hall–Kier alpha value is -1.85. The molecule has 0 bridgehead atoms. The van der Waals surface area contributed by atoms with Crippen LogP contribution in [-0.2, 0) is 0 Å². The summed E-state index contributed by atoms with van der Waals surface area (Å²) in [6.07, 6.45) is 1.62. The number of anilines is 3. The minimum atomic E-state index is 0. The van der Waals surface area contributed by atoms with Crippen molar-refractivity contribution >= 4 is 51.2 Å². The van der Waals surface area contributed by atoms with E-state index in [1.807, 2.05) is 14.1 Å². The number of fused-ring (bicyclic) bond motifs is 1. The van der Waals surface area contributed by atoms with Crippen LogP contribution < -0.4 is 10.2 Å². The number of hydrogen-bond acceptors (Lipinski definition) is 5. The third-order valence-electron chi connectivity index (χ3n) is 3.61. The molecule has 0 amide bonds. The largest absolute Gasteiger partial charge is 0.378 e. The molecule has 116 valence electrons. The lowest BCUT2D eigenvalue weighted by molar-refractivity contribution is 1.13. The topological polar surface area (TPSA) is 41.1 Å². The highest BCUT2D eigenvalue weighted by Crippen LogP contribution is 2.33. The number of nitrogens with zero attached hydrogens (tertiary/aromatic N) is 3. The Morgan fingerprint density at radius 2 is 1.73 bits per heavy atom. The number of aryl methyl sites for hydroxylation is 2. The van der Waals surface area contributed by atoms with Crippen LogP contribution in [0.5, 0.6) is 0 Å². The lowest BCUT2D eigenvalue weighted by atomic mass is 10.2. The zero-order valence-corrected chi connectivity index (χ0v) is 14.7. The minimum Gasteiger partial charge on any atom is -0.378 e. The maximum Gasteiger partial charge on any atom is 0.142 e. The molecule has 22 heavy (non-hydrogen) atoms. The third-order valence-corrected chi connectivity index (χ3v) is 4.73. The monoisotopic (exact) mass is 334 g/mol. The molecule has 3 rings (SSSR count). The van der Waals surface area contributed by atoms with Crippen molar-refractivity contribution in [2.24, 2.45) is 0 Å². The molecule has 1 N–H and O–H groups in total. The molecule has 0 radical (unpaired) electrons. The molecule has 0 aliphatic rings. The second-order valence-electron chi connectivity index (χ2n) is 5.25. The summed E-state index contributed by atoms with van der Waals surface area (Å²) in [5.74, 6) is 0.874. The Morgan fingerprint density at radius 3 is 2.36 bits per heavy atom. The minimum absolute atomic E-state index is 0. The number of hydrogen-bond donors (Lipinski definition) is 1. The van der Waals surface area contributed by atoms with Crippen LogP contribution in [0.2, 0.25) is 0 Å². The lowest BCUT2D eigenvalue weighted by Gasteiger charge is -2.13. The molecule has 0 aliphatic carbocycles. The maximum absolute atomic E-state index is 4.41. The van der Waals surface area contributed by atoms with Gasteiger partial charge in [0.05, 0.1) is 5.39 Å². The molecule has 4 nitrogen and oxygen atoms in total. The van der Waals surface area contributed by atoms with Crippen molar-refractivity contribution in [3.63, 3.8) is 0 Å². The maximum atomic E-state index is 4.41. The first-order valence-electron chi connectivity index (χ1n) is 6.81. The summed E-state index contributed by atoms with van der Waals surface area (Å²) < 4.78 is 0. The van der Waals surface area contributed by atoms with Gasteiger partial charge in [0.25, 0.3) is 0 Å². The van der Waals surface area contributed by atoms with Crippen molar-refractivity contribution in [1.29, 1.82) is 0 Å². The van der Waals surface area contributed by atoms with E-state index in [1.165, 1.54) is 16.1 Å².